The third-order valence-corrected chi connectivity index (χ3v) is 5.23. The summed E-state index contributed by atoms with van der Waals surface area (Å²) in [6, 6.07) is 6.95. The molecule has 0 radical (unpaired) electrons. The van der Waals surface area contributed by atoms with Crippen molar-refractivity contribution in [3.63, 3.8) is 0 Å². The molecule has 1 aromatic rings. The Balaban J connectivity index is 1.56. The topological polar surface area (TPSA) is 86.9 Å². The first kappa shape index (κ1) is 16.6. The van der Waals surface area contributed by atoms with E-state index in [4.69, 9.17) is 5.73 Å². The number of hydrogen-bond donors (Lipinski definition) is 2. The number of urea groups is 1. The maximum Gasteiger partial charge on any atom is 0.314 e. The Morgan fingerprint density at radius 2 is 1.83 bits per heavy atom. The minimum absolute atomic E-state index is 0.122. The molecule has 0 aliphatic carbocycles. The van der Waals surface area contributed by atoms with Gasteiger partial charge in [-0.2, -0.15) is 0 Å². The van der Waals surface area contributed by atoms with E-state index in [0.717, 1.165) is 44.3 Å². The van der Waals surface area contributed by atoms with Crippen LogP contribution in [0.15, 0.2) is 24.3 Å². The Kier molecular flexibility index (Phi) is 4.92. The molecular weight excluding hydrogens is 306 g/mol. The number of piperidine rings is 2. The van der Waals surface area contributed by atoms with Crippen molar-refractivity contribution in [3.05, 3.63) is 29.8 Å². The Hall–Kier alpha value is -2.24. The minimum atomic E-state index is -0.435. The van der Waals surface area contributed by atoms with Gasteiger partial charge in [0, 0.05) is 26.2 Å². The SMILES string of the molecule is NC(=O)N1CCC[C@H](C(=O)N2CCC(c3cccc(O)c3)CC2)C1. The minimum Gasteiger partial charge on any atom is -0.508 e. The fraction of sp³-hybridized carbons (Fsp3) is 0.556. The molecule has 3 rings (SSSR count). The molecule has 3 N–H and O–H groups in total. The first-order valence-electron chi connectivity index (χ1n) is 8.66. The average Bonchev–Trinajstić information content (AvgIpc) is 2.61. The second-order valence-electron chi connectivity index (χ2n) is 6.82. The number of carbonyl (C=O) groups is 2. The van der Waals surface area contributed by atoms with Gasteiger partial charge in [-0.05, 0) is 49.3 Å². The van der Waals surface area contributed by atoms with Gasteiger partial charge in [0.25, 0.3) is 0 Å². The molecule has 2 aliphatic heterocycles. The largest absolute Gasteiger partial charge is 0.508 e. The van der Waals surface area contributed by atoms with Crippen LogP contribution in [0.5, 0.6) is 5.75 Å². The molecule has 2 aliphatic rings. The van der Waals surface area contributed by atoms with E-state index >= 15 is 0 Å². The summed E-state index contributed by atoms with van der Waals surface area (Å²) in [5.41, 5.74) is 6.48. The fourth-order valence-electron chi connectivity index (χ4n) is 3.85. The van der Waals surface area contributed by atoms with Gasteiger partial charge in [-0.25, -0.2) is 4.79 Å². The Morgan fingerprint density at radius 3 is 2.50 bits per heavy atom. The van der Waals surface area contributed by atoms with Crippen molar-refractivity contribution in [2.75, 3.05) is 26.2 Å². The first-order valence-corrected chi connectivity index (χ1v) is 8.66. The lowest BCUT2D eigenvalue weighted by Gasteiger charge is -2.37. The predicted octanol–water partition coefficient (Wildman–Crippen LogP) is 1.89. The molecular formula is C18H25N3O3. The van der Waals surface area contributed by atoms with Crippen molar-refractivity contribution in [2.24, 2.45) is 11.7 Å². The van der Waals surface area contributed by atoms with E-state index in [-0.39, 0.29) is 11.8 Å². The second-order valence-corrected chi connectivity index (χ2v) is 6.82. The van der Waals surface area contributed by atoms with E-state index in [1.54, 1.807) is 11.0 Å². The molecule has 0 unspecified atom stereocenters. The number of nitrogens with two attached hydrogens (primary N) is 1. The zero-order valence-electron chi connectivity index (χ0n) is 13.9. The quantitative estimate of drug-likeness (QED) is 0.867. The van der Waals surface area contributed by atoms with Crippen LogP contribution in [0.1, 0.15) is 37.2 Å². The molecule has 0 spiro atoms. The molecule has 0 saturated carbocycles. The van der Waals surface area contributed by atoms with Crippen LogP contribution in [0.2, 0.25) is 0 Å². The highest BCUT2D eigenvalue weighted by molar-refractivity contribution is 5.80. The van der Waals surface area contributed by atoms with Crippen LogP contribution >= 0.6 is 0 Å². The van der Waals surface area contributed by atoms with Gasteiger partial charge in [-0.15, -0.1) is 0 Å². The lowest BCUT2D eigenvalue weighted by atomic mass is 9.88. The van der Waals surface area contributed by atoms with Gasteiger partial charge in [0.2, 0.25) is 5.91 Å². The summed E-state index contributed by atoms with van der Waals surface area (Å²) in [6.45, 7) is 2.55. The number of nitrogens with zero attached hydrogens (tertiary/aromatic N) is 2. The number of likely N-dealkylation sites (tertiary alicyclic amines) is 2. The zero-order valence-corrected chi connectivity index (χ0v) is 13.9. The number of carbonyl (C=O) groups excluding carboxylic acids is 2. The smallest absolute Gasteiger partial charge is 0.314 e. The van der Waals surface area contributed by atoms with E-state index in [1.165, 1.54) is 0 Å². The summed E-state index contributed by atoms with van der Waals surface area (Å²) in [6.07, 6.45) is 3.47. The normalized spacial score (nSPS) is 22.4. The molecule has 1 aromatic carbocycles. The van der Waals surface area contributed by atoms with Crippen LogP contribution in [0.25, 0.3) is 0 Å². The molecule has 6 nitrogen and oxygen atoms in total. The van der Waals surface area contributed by atoms with Crippen LogP contribution < -0.4 is 5.73 Å². The number of benzene rings is 1. The zero-order chi connectivity index (χ0) is 17.1. The summed E-state index contributed by atoms with van der Waals surface area (Å²) in [5.74, 6) is 0.702. The molecule has 0 bridgehead atoms. The van der Waals surface area contributed by atoms with Crippen molar-refractivity contribution in [3.8, 4) is 5.75 Å². The molecule has 3 amide bonds. The number of amides is 3. The highest BCUT2D eigenvalue weighted by Crippen LogP contribution is 2.31. The monoisotopic (exact) mass is 331 g/mol. The van der Waals surface area contributed by atoms with E-state index in [1.807, 2.05) is 23.1 Å². The Bertz CT molecular complexity index is 611. The summed E-state index contributed by atoms with van der Waals surface area (Å²) >= 11 is 0. The van der Waals surface area contributed by atoms with Gasteiger partial charge in [0.05, 0.1) is 5.92 Å². The van der Waals surface area contributed by atoms with Crippen LogP contribution in [0.3, 0.4) is 0 Å². The number of phenols is 1. The molecule has 0 aromatic heterocycles. The molecule has 2 saturated heterocycles. The van der Waals surface area contributed by atoms with Gasteiger partial charge in [-0.1, -0.05) is 12.1 Å². The van der Waals surface area contributed by atoms with Crippen molar-refractivity contribution in [2.45, 2.75) is 31.6 Å². The molecule has 6 heteroatoms. The van der Waals surface area contributed by atoms with Crippen LogP contribution in [-0.4, -0.2) is 53.0 Å². The molecule has 130 valence electrons. The lowest BCUT2D eigenvalue weighted by Crippen LogP contribution is -2.49. The highest BCUT2D eigenvalue weighted by atomic mass is 16.3. The van der Waals surface area contributed by atoms with Crippen molar-refractivity contribution < 1.29 is 14.7 Å². The molecule has 2 heterocycles. The molecule has 2 fully saturated rings. The van der Waals surface area contributed by atoms with Crippen LogP contribution in [-0.2, 0) is 4.79 Å². The van der Waals surface area contributed by atoms with Gasteiger partial charge in [0.15, 0.2) is 0 Å². The van der Waals surface area contributed by atoms with E-state index in [0.29, 0.717) is 24.8 Å². The first-order chi connectivity index (χ1) is 11.5. The van der Waals surface area contributed by atoms with Crippen LogP contribution in [0.4, 0.5) is 4.79 Å². The summed E-state index contributed by atoms with van der Waals surface area (Å²) in [4.78, 5) is 27.6. The number of primary amides is 1. The second kappa shape index (κ2) is 7.11. The van der Waals surface area contributed by atoms with Crippen molar-refractivity contribution in [1.82, 2.24) is 9.80 Å². The number of aromatic hydroxyl groups is 1. The number of phenolic OH excluding ortho intramolecular Hbond substituents is 1. The third kappa shape index (κ3) is 3.63. The lowest BCUT2D eigenvalue weighted by molar-refractivity contribution is -0.138. The third-order valence-electron chi connectivity index (χ3n) is 5.23. The van der Waals surface area contributed by atoms with Gasteiger partial charge in [0.1, 0.15) is 5.75 Å². The number of rotatable bonds is 2. The van der Waals surface area contributed by atoms with E-state index in [9.17, 15) is 14.7 Å². The summed E-state index contributed by atoms with van der Waals surface area (Å²) < 4.78 is 0. The van der Waals surface area contributed by atoms with Crippen LogP contribution in [0, 0.1) is 5.92 Å². The fourth-order valence-corrected chi connectivity index (χ4v) is 3.85. The van der Waals surface area contributed by atoms with Crippen molar-refractivity contribution in [1.29, 1.82) is 0 Å². The van der Waals surface area contributed by atoms with Gasteiger partial charge in [-0.3, -0.25) is 4.79 Å². The summed E-state index contributed by atoms with van der Waals surface area (Å²) in [5, 5.41) is 9.62. The Labute approximate surface area is 142 Å². The number of hydrogen-bond acceptors (Lipinski definition) is 3. The molecule has 24 heavy (non-hydrogen) atoms. The highest BCUT2D eigenvalue weighted by Gasteiger charge is 2.32. The van der Waals surface area contributed by atoms with Gasteiger partial charge >= 0.3 is 6.03 Å². The Morgan fingerprint density at radius 1 is 1.08 bits per heavy atom. The van der Waals surface area contributed by atoms with E-state index < -0.39 is 6.03 Å². The molecule has 1 atom stereocenters. The van der Waals surface area contributed by atoms with Gasteiger partial charge < -0.3 is 20.6 Å². The van der Waals surface area contributed by atoms with E-state index in [2.05, 4.69) is 0 Å². The van der Waals surface area contributed by atoms with Crippen molar-refractivity contribution >= 4 is 11.9 Å². The predicted molar refractivity (Wildman–Crippen MR) is 90.5 cm³/mol. The average molecular weight is 331 g/mol. The maximum atomic E-state index is 12.7. The maximum absolute atomic E-state index is 12.7. The summed E-state index contributed by atoms with van der Waals surface area (Å²) in [7, 11) is 0. The standard InChI is InChI=1S/C18H25N3O3/c19-18(24)21-8-2-4-15(12-21)17(23)20-9-6-13(7-10-20)14-3-1-5-16(22)11-14/h1,3,5,11,13,15,22H,2,4,6-10,12H2,(H2,19,24)/t15-/m0/s1.